The molecule has 0 fully saturated rings. The third kappa shape index (κ3) is 280. The predicted octanol–water partition coefficient (Wildman–Crippen LogP) is -1.84. The van der Waals surface area contributed by atoms with E-state index in [1.807, 2.05) is 0 Å². The van der Waals surface area contributed by atoms with Gasteiger partial charge in [0.1, 0.15) is 0 Å². The van der Waals surface area contributed by atoms with Crippen LogP contribution in [0.1, 0.15) is 0 Å². The summed E-state index contributed by atoms with van der Waals surface area (Å²) < 4.78 is 39.1. The Morgan fingerprint density at radius 1 is 0.778 bits per heavy atom. The molecular weight excluding hydrogens is 267 g/mol. The summed E-state index contributed by atoms with van der Waals surface area (Å²) in [5.74, 6) is 0. The van der Waals surface area contributed by atoms with Crippen molar-refractivity contribution in [3.05, 3.63) is 0 Å². The molecule has 0 N–H and O–H groups in total. The molecule has 0 aliphatic rings. The van der Waals surface area contributed by atoms with E-state index in [0.717, 1.165) is 0 Å². The van der Waals surface area contributed by atoms with Crippen LogP contribution in [-0.4, -0.2) is 63.8 Å². The molecular formula is B2BaF4O2. The Morgan fingerprint density at radius 2 is 0.778 bits per heavy atom. The molecule has 0 aliphatic heterocycles. The molecule has 9 heavy (non-hydrogen) atoms. The first-order chi connectivity index (χ1) is 3.46. The molecule has 0 heterocycles. The van der Waals surface area contributed by atoms with E-state index in [-0.39, 0.29) is 48.9 Å². The Hall–Kier alpha value is 1.34. The predicted molar refractivity (Wildman–Crippen MR) is 21.7 cm³/mol. The minimum Gasteiger partial charge on any atom is -0.824 e. The summed E-state index contributed by atoms with van der Waals surface area (Å²) in [5.41, 5.74) is 0. The Balaban J connectivity index is -0.0000000720. The normalized spacial score (nSPS) is 6.00. The molecule has 0 aromatic heterocycles. The second-order valence-electron chi connectivity index (χ2n) is 0.521. The molecule has 0 atom stereocenters. The molecule has 0 aromatic rings. The van der Waals surface area contributed by atoms with Crippen molar-refractivity contribution in [1.82, 2.24) is 0 Å². The summed E-state index contributed by atoms with van der Waals surface area (Å²) in [6.45, 7) is 0. The average molecular weight is 267 g/mol. The van der Waals surface area contributed by atoms with Crippen LogP contribution in [0.4, 0.5) is 17.3 Å². The van der Waals surface area contributed by atoms with E-state index in [1.54, 1.807) is 0 Å². The zero-order chi connectivity index (χ0) is 7.15. The van der Waals surface area contributed by atoms with Crippen molar-refractivity contribution in [2.24, 2.45) is 0 Å². The van der Waals surface area contributed by atoms with E-state index in [1.165, 1.54) is 0 Å². The molecule has 0 spiro atoms. The summed E-state index contributed by atoms with van der Waals surface area (Å²) in [4.78, 5) is 0. The monoisotopic (exact) mass is 268 g/mol. The first kappa shape index (κ1) is 16.7. The molecule has 0 aliphatic carbocycles. The number of rotatable bonds is 0. The van der Waals surface area contributed by atoms with Crippen LogP contribution in [0.25, 0.3) is 0 Å². The van der Waals surface area contributed by atoms with Gasteiger partial charge in [0.25, 0.3) is 0 Å². The molecule has 48 valence electrons. The Labute approximate surface area is 90.1 Å². The smallest absolute Gasteiger partial charge is 0.824 e. The van der Waals surface area contributed by atoms with E-state index in [9.17, 15) is 17.3 Å². The van der Waals surface area contributed by atoms with Crippen molar-refractivity contribution in [3.63, 3.8) is 0 Å². The van der Waals surface area contributed by atoms with Crippen LogP contribution in [0.15, 0.2) is 0 Å². The maximum absolute atomic E-state index is 9.78. The number of hydrogen-bond acceptors (Lipinski definition) is 2. The second kappa shape index (κ2) is 12.1. The van der Waals surface area contributed by atoms with E-state index < -0.39 is 14.9 Å². The fraction of sp³-hybridized carbons (Fsp3) is 0. The van der Waals surface area contributed by atoms with Crippen molar-refractivity contribution in [1.29, 1.82) is 0 Å². The van der Waals surface area contributed by atoms with E-state index in [4.69, 9.17) is 10.0 Å². The van der Waals surface area contributed by atoms with Crippen LogP contribution < -0.4 is 10.0 Å². The fourth-order valence-electron chi connectivity index (χ4n) is 0. The number of hydrogen-bond donors (Lipinski definition) is 0. The van der Waals surface area contributed by atoms with E-state index in [0.29, 0.717) is 0 Å². The average Bonchev–Trinajstić information content (AvgIpc) is 1.25. The minimum absolute atomic E-state index is 0. The molecule has 0 radical (unpaired) electrons. The van der Waals surface area contributed by atoms with Gasteiger partial charge in [0.15, 0.2) is 0 Å². The molecule has 0 unspecified atom stereocenters. The van der Waals surface area contributed by atoms with Crippen molar-refractivity contribution in [2.45, 2.75) is 0 Å². The second-order valence-corrected chi connectivity index (χ2v) is 0.521. The zero-order valence-electron chi connectivity index (χ0n) is 4.19. The van der Waals surface area contributed by atoms with Gasteiger partial charge in [0.2, 0.25) is 0 Å². The van der Waals surface area contributed by atoms with E-state index >= 15 is 0 Å². The van der Waals surface area contributed by atoms with Gasteiger partial charge in [0, 0.05) is 0 Å². The summed E-state index contributed by atoms with van der Waals surface area (Å²) in [7, 11) is -6.83. The molecule has 9 heteroatoms. The standard InChI is InChI=1S/2BF2O.Ba/c2*2-1(3)4;/q2*-1;+2. The third-order valence-corrected chi connectivity index (χ3v) is 0. The molecule has 0 amide bonds. The Bertz CT molecular complexity index is 32.0. The van der Waals surface area contributed by atoms with E-state index in [2.05, 4.69) is 0 Å². The molecule has 0 saturated heterocycles. The molecule has 0 bridgehead atoms. The number of halogens is 4. The van der Waals surface area contributed by atoms with Gasteiger partial charge >= 0.3 is 63.8 Å². The van der Waals surface area contributed by atoms with Gasteiger partial charge in [-0.25, -0.2) is 0 Å². The zero-order valence-corrected chi connectivity index (χ0v) is 8.63. The quantitative estimate of drug-likeness (QED) is 0.382. The van der Waals surface area contributed by atoms with Crippen molar-refractivity contribution < 1.29 is 27.3 Å². The van der Waals surface area contributed by atoms with Crippen molar-refractivity contribution >= 4 is 63.8 Å². The molecule has 2 nitrogen and oxygen atoms in total. The van der Waals surface area contributed by atoms with Gasteiger partial charge in [-0.2, -0.15) is 0 Å². The van der Waals surface area contributed by atoms with Crippen LogP contribution in [0, 0.1) is 0 Å². The summed E-state index contributed by atoms with van der Waals surface area (Å²) >= 11 is 0. The molecule has 0 saturated carbocycles. The SMILES string of the molecule is [Ba+2].[O-]B(F)F.[O-]B(F)F. The van der Waals surface area contributed by atoms with Crippen LogP contribution in [0.2, 0.25) is 0 Å². The van der Waals surface area contributed by atoms with Gasteiger partial charge in [-0.15, -0.1) is 0 Å². The first-order valence-electron chi connectivity index (χ1n) is 1.34. The van der Waals surface area contributed by atoms with Gasteiger partial charge in [0.05, 0.1) is 0 Å². The maximum Gasteiger partial charge on any atom is 2.00 e. The summed E-state index contributed by atoms with van der Waals surface area (Å²) in [5, 5.41) is 16.4. The van der Waals surface area contributed by atoms with Crippen LogP contribution >= 0.6 is 0 Å². The maximum atomic E-state index is 9.78. The first-order valence-corrected chi connectivity index (χ1v) is 1.34. The van der Waals surface area contributed by atoms with Gasteiger partial charge in [-0.3, -0.25) is 0 Å². The largest absolute Gasteiger partial charge is 2.00 e. The molecule has 0 rings (SSSR count). The van der Waals surface area contributed by atoms with Crippen LogP contribution in [0.5, 0.6) is 0 Å². The van der Waals surface area contributed by atoms with Gasteiger partial charge in [-0.1, -0.05) is 0 Å². The summed E-state index contributed by atoms with van der Waals surface area (Å²) in [6, 6.07) is 0. The Kier molecular flexibility index (Phi) is 22.4. The van der Waals surface area contributed by atoms with Crippen LogP contribution in [0.3, 0.4) is 0 Å². The summed E-state index contributed by atoms with van der Waals surface area (Å²) in [6.07, 6.45) is 0. The minimum atomic E-state index is -3.42. The van der Waals surface area contributed by atoms with Gasteiger partial charge in [-0.05, 0) is 0 Å². The Morgan fingerprint density at radius 3 is 0.778 bits per heavy atom. The molecule has 0 aromatic carbocycles. The fourth-order valence-corrected chi connectivity index (χ4v) is 0. The van der Waals surface area contributed by atoms with Crippen molar-refractivity contribution in [2.75, 3.05) is 0 Å². The van der Waals surface area contributed by atoms with Crippen LogP contribution in [-0.2, 0) is 0 Å². The topological polar surface area (TPSA) is 46.1 Å². The van der Waals surface area contributed by atoms with Gasteiger partial charge < -0.3 is 27.3 Å². The van der Waals surface area contributed by atoms with Crippen molar-refractivity contribution in [3.8, 4) is 0 Å². The third-order valence-electron chi connectivity index (χ3n) is 0.